The van der Waals surface area contributed by atoms with Gasteiger partial charge in [0.1, 0.15) is 0 Å². The second kappa shape index (κ2) is 5.21. The minimum Gasteiger partial charge on any atom is -0.326 e. The van der Waals surface area contributed by atoms with E-state index in [2.05, 4.69) is 5.32 Å². The van der Waals surface area contributed by atoms with Gasteiger partial charge in [-0.1, -0.05) is 26.8 Å². The van der Waals surface area contributed by atoms with Gasteiger partial charge in [0.05, 0.1) is 5.56 Å². The predicted octanol–water partition coefficient (Wildman–Crippen LogP) is 3.15. The largest absolute Gasteiger partial charge is 0.416 e. The van der Waals surface area contributed by atoms with Crippen LogP contribution >= 0.6 is 0 Å². The zero-order valence-corrected chi connectivity index (χ0v) is 11.1. The van der Waals surface area contributed by atoms with E-state index in [0.717, 1.165) is 6.07 Å². The summed E-state index contributed by atoms with van der Waals surface area (Å²) in [5, 5.41) is 2.47. The van der Waals surface area contributed by atoms with Crippen LogP contribution in [0, 0.1) is 5.41 Å². The minimum atomic E-state index is -4.49. The van der Waals surface area contributed by atoms with Crippen LogP contribution in [0.3, 0.4) is 0 Å². The van der Waals surface area contributed by atoms with E-state index in [9.17, 15) is 18.0 Å². The Bertz CT molecular complexity index is 476. The van der Waals surface area contributed by atoms with Crippen molar-refractivity contribution in [3.63, 3.8) is 0 Å². The lowest BCUT2D eigenvalue weighted by Gasteiger charge is -2.19. The van der Waals surface area contributed by atoms with Crippen LogP contribution in [0.15, 0.2) is 18.2 Å². The summed E-state index contributed by atoms with van der Waals surface area (Å²) in [6.45, 7) is 4.84. The molecule has 3 nitrogen and oxygen atoms in total. The van der Waals surface area contributed by atoms with Gasteiger partial charge in [0.25, 0.3) is 0 Å². The molecule has 0 aliphatic carbocycles. The highest BCUT2D eigenvalue weighted by atomic mass is 19.4. The molecule has 1 amide bonds. The van der Waals surface area contributed by atoms with Gasteiger partial charge in [-0.3, -0.25) is 4.79 Å². The first-order chi connectivity index (χ1) is 8.55. The molecule has 1 rings (SSSR count). The monoisotopic (exact) mass is 274 g/mol. The van der Waals surface area contributed by atoms with E-state index in [1.165, 1.54) is 12.1 Å². The maximum absolute atomic E-state index is 12.8. The first kappa shape index (κ1) is 15.5. The summed E-state index contributed by atoms with van der Waals surface area (Å²) in [5.41, 5.74) is 3.90. The minimum absolute atomic E-state index is 0.00116. The summed E-state index contributed by atoms with van der Waals surface area (Å²) >= 11 is 0. The van der Waals surface area contributed by atoms with Gasteiger partial charge in [-0.25, -0.2) is 0 Å². The third-order valence-electron chi connectivity index (χ3n) is 2.57. The summed E-state index contributed by atoms with van der Waals surface area (Å²) < 4.78 is 38.5. The maximum atomic E-state index is 12.8. The highest BCUT2D eigenvalue weighted by molar-refractivity contribution is 5.94. The Morgan fingerprint density at radius 1 is 1.26 bits per heavy atom. The van der Waals surface area contributed by atoms with Crippen molar-refractivity contribution in [1.29, 1.82) is 0 Å². The summed E-state index contributed by atoms with van der Waals surface area (Å²) in [5.74, 6) is -0.346. The van der Waals surface area contributed by atoms with Crippen molar-refractivity contribution in [2.75, 3.05) is 5.32 Å². The number of hydrogen-bond donors (Lipinski definition) is 2. The van der Waals surface area contributed by atoms with Gasteiger partial charge in [0, 0.05) is 17.6 Å². The van der Waals surface area contributed by atoms with Crippen molar-refractivity contribution in [1.82, 2.24) is 0 Å². The van der Waals surface area contributed by atoms with E-state index < -0.39 is 17.2 Å². The molecular formula is C13H17F3N2O. The van der Waals surface area contributed by atoms with E-state index >= 15 is 0 Å². The van der Waals surface area contributed by atoms with Crippen LogP contribution in [0.25, 0.3) is 0 Å². The van der Waals surface area contributed by atoms with Crippen LogP contribution < -0.4 is 11.1 Å². The molecule has 0 aliphatic heterocycles. The van der Waals surface area contributed by atoms with Gasteiger partial charge in [-0.15, -0.1) is 0 Å². The van der Waals surface area contributed by atoms with Crippen molar-refractivity contribution in [2.45, 2.75) is 33.5 Å². The Hall–Kier alpha value is -1.56. The second-order valence-electron chi connectivity index (χ2n) is 5.28. The lowest BCUT2D eigenvalue weighted by molar-refractivity contribution is -0.138. The van der Waals surface area contributed by atoms with Crippen molar-refractivity contribution in [3.05, 3.63) is 29.3 Å². The van der Waals surface area contributed by atoms with Crippen LogP contribution in [0.1, 0.15) is 31.9 Å². The zero-order chi connectivity index (χ0) is 14.8. The molecule has 19 heavy (non-hydrogen) atoms. The zero-order valence-electron chi connectivity index (χ0n) is 11.1. The highest BCUT2D eigenvalue weighted by Crippen LogP contribution is 2.34. The first-order valence-corrected chi connectivity index (χ1v) is 5.77. The number of hydrogen-bond acceptors (Lipinski definition) is 2. The number of anilines is 1. The van der Waals surface area contributed by atoms with Crippen molar-refractivity contribution < 1.29 is 18.0 Å². The number of amides is 1. The van der Waals surface area contributed by atoms with Gasteiger partial charge < -0.3 is 11.1 Å². The number of nitrogens with two attached hydrogens (primary N) is 1. The summed E-state index contributed by atoms with van der Waals surface area (Å²) in [6.07, 6.45) is -4.49. The average molecular weight is 274 g/mol. The van der Waals surface area contributed by atoms with Gasteiger partial charge >= 0.3 is 6.18 Å². The third-order valence-corrected chi connectivity index (χ3v) is 2.57. The Labute approximate surface area is 110 Å². The standard InChI is InChI=1S/C13H17F3N2O/c1-12(2,3)11(19)18-9-5-4-8(7-17)10(6-9)13(14,15)16/h4-6H,7,17H2,1-3H3,(H,18,19). The molecule has 0 saturated carbocycles. The fourth-order valence-corrected chi connectivity index (χ4v) is 1.41. The molecular weight excluding hydrogens is 257 g/mol. The Morgan fingerprint density at radius 3 is 2.26 bits per heavy atom. The fourth-order valence-electron chi connectivity index (χ4n) is 1.41. The molecule has 0 unspecified atom stereocenters. The molecule has 6 heteroatoms. The third kappa shape index (κ3) is 3.96. The number of halogens is 3. The van der Waals surface area contributed by atoms with E-state index in [0.29, 0.717) is 0 Å². The molecule has 0 saturated heterocycles. The van der Waals surface area contributed by atoms with Crippen LogP contribution in [0.5, 0.6) is 0 Å². The van der Waals surface area contributed by atoms with E-state index in [1.54, 1.807) is 20.8 Å². The highest BCUT2D eigenvalue weighted by Gasteiger charge is 2.33. The molecule has 3 N–H and O–H groups in total. The lowest BCUT2D eigenvalue weighted by Crippen LogP contribution is -2.27. The van der Waals surface area contributed by atoms with E-state index in [1.807, 2.05) is 0 Å². The van der Waals surface area contributed by atoms with Gasteiger partial charge in [-0.05, 0) is 17.7 Å². The molecule has 0 spiro atoms. The van der Waals surface area contributed by atoms with Gasteiger partial charge in [-0.2, -0.15) is 13.2 Å². The molecule has 0 aromatic heterocycles. The summed E-state index contributed by atoms with van der Waals surface area (Å²) in [4.78, 5) is 11.7. The molecule has 0 aliphatic rings. The number of benzene rings is 1. The van der Waals surface area contributed by atoms with Crippen molar-refractivity contribution in [3.8, 4) is 0 Å². The normalized spacial score (nSPS) is 12.4. The molecule has 0 radical (unpaired) electrons. The quantitative estimate of drug-likeness (QED) is 0.870. The van der Waals surface area contributed by atoms with Crippen molar-refractivity contribution in [2.24, 2.45) is 11.1 Å². The van der Waals surface area contributed by atoms with Crippen molar-refractivity contribution >= 4 is 11.6 Å². The number of nitrogens with one attached hydrogen (secondary N) is 1. The first-order valence-electron chi connectivity index (χ1n) is 5.77. The summed E-state index contributed by atoms with van der Waals surface area (Å²) in [6, 6.07) is 3.61. The summed E-state index contributed by atoms with van der Waals surface area (Å²) in [7, 11) is 0. The lowest BCUT2D eigenvalue weighted by atomic mass is 9.95. The Kier molecular flexibility index (Phi) is 4.25. The van der Waals surface area contributed by atoms with E-state index in [-0.39, 0.29) is 23.7 Å². The molecule has 1 aromatic carbocycles. The fraction of sp³-hybridized carbons (Fsp3) is 0.462. The Morgan fingerprint density at radius 2 is 1.84 bits per heavy atom. The molecule has 0 bridgehead atoms. The smallest absolute Gasteiger partial charge is 0.326 e. The SMILES string of the molecule is CC(C)(C)C(=O)Nc1ccc(CN)c(C(F)(F)F)c1. The van der Waals surface area contributed by atoms with Crippen LogP contribution in [0.2, 0.25) is 0 Å². The molecule has 0 atom stereocenters. The predicted molar refractivity (Wildman–Crippen MR) is 67.4 cm³/mol. The molecule has 0 fully saturated rings. The maximum Gasteiger partial charge on any atom is 0.416 e. The van der Waals surface area contributed by atoms with Gasteiger partial charge in [0.15, 0.2) is 0 Å². The molecule has 106 valence electrons. The average Bonchev–Trinajstić information content (AvgIpc) is 2.26. The number of carbonyl (C=O) groups is 1. The van der Waals surface area contributed by atoms with E-state index in [4.69, 9.17) is 5.73 Å². The number of rotatable bonds is 2. The number of alkyl halides is 3. The van der Waals surface area contributed by atoms with Crippen LogP contribution in [-0.4, -0.2) is 5.91 Å². The molecule has 0 heterocycles. The van der Waals surface area contributed by atoms with Gasteiger partial charge in [0.2, 0.25) is 5.91 Å². The van der Waals surface area contributed by atoms with Crippen LogP contribution in [-0.2, 0) is 17.5 Å². The molecule has 1 aromatic rings. The van der Waals surface area contributed by atoms with Crippen LogP contribution in [0.4, 0.5) is 18.9 Å². The Balaban J connectivity index is 3.10. The topological polar surface area (TPSA) is 55.1 Å². The number of carbonyl (C=O) groups excluding carboxylic acids is 1. The second-order valence-corrected chi connectivity index (χ2v) is 5.28.